The van der Waals surface area contributed by atoms with Crippen molar-refractivity contribution in [3.63, 3.8) is 0 Å². The van der Waals surface area contributed by atoms with Gasteiger partial charge in [0, 0.05) is 18.7 Å². The fourth-order valence-corrected chi connectivity index (χ4v) is 5.33. The van der Waals surface area contributed by atoms with Gasteiger partial charge in [-0.1, -0.05) is 84.0 Å². The summed E-state index contributed by atoms with van der Waals surface area (Å²) in [4.78, 5) is 15.2. The van der Waals surface area contributed by atoms with Crippen LogP contribution in [0.4, 0.5) is 0 Å². The molecular formula is C33H44ClNO2S. The number of hydrogen-bond acceptors (Lipinski definition) is 3. The third-order valence-electron chi connectivity index (χ3n) is 7.91. The molecule has 0 aliphatic heterocycles. The van der Waals surface area contributed by atoms with Crippen molar-refractivity contribution in [2.75, 3.05) is 13.2 Å². The zero-order chi connectivity index (χ0) is 27.8. The van der Waals surface area contributed by atoms with E-state index in [0.29, 0.717) is 19.7 Å². The number of hydrogen-bond donors (Lipinski definition) is 0. The van der Waals surface area contributed by atoms with Crippen LogP contribution in [0.25, 0.3) is 0 Å². The zero-order valence-corrected chi connectivity index (χ0v) is 25.5. The molecule has 206 valence electrons. The van der Waals surface area contributed by atoms with Crippen LogP contribution in [0.2, 0.25) is 0 Å². The Kier molecular flexibility index (Phi) is 10.9. The molecule has 0 saturated carbocycles. The molecule has 1 heterocycles. The van der Waals surface area contributed by atoms with Gasteiger partial charge in [0.1, 0.15) is 11.1 Å². The Morgan fingerprint density at radius 1 is 0.974 bits per heavy atom. The van der Waals surface area contributed by atoms with Crippen molar-refractivity contribution >= 4 is 28.8 Å². The average Bonchev–Trinajstić information content (AvgIpc) is 3.45. The lowest BCUT2D eigenvalue weighted by molar-refractivity contribution is -0.131. The maximum absolute atomic E-state index is 13.3. The number of halogens is 1. The quantitative estimate of drug-likeness (QED) is 0.147. The highest BCUT2D eigenvalue weighted by Crippen LogP contribution is 2.38. The summed E-state index contributed by atoms with van der Waals surface area (Å²) < 4.78 is 6.36. The number of amides is 1. The second kappa shape index (κ2) is 13.7. The molecule has 3 aromatic rings. The molecule has 1 unspecified atom stereocenters. The van der Waals surface area contributed by atoms with E-state index in [4.69, 9.17) is 16.3 Å². The van der Waals surface area contributed by atoms with Gasteiger partial charge in [-0.15, -0.1) is 11.6 Å². The fraction of sp³-hybridized carbons (Fsp3) is 0.485. The molecule has 1 aromatic heterocycles. The maximum atomic E-state index is 13.3. The lowest BCUT2D eigenvalue weighted by Gasteiger charge is -2.30. The summed E-state index contributed by atoms with van der Waals surface area (Å²) in [7, 11) is 0. The van der Waals surface area contributed by atoms with E-state index >= 15 is 0 Å². The van der Waals surface area contributed by atoms with Crippen LogP contribution < -0.4 is 4.74 Å². The van der Waals surface area contributed by atoms with Crippen LogP contribution in [0.1, 0.15) is 94.9 Å². The second-order valence-electron chi connectivity index (χ2n) is 11.4. The molecule has 0 bridgehead atoms. The Morgan fingerprint density at radius 3 is 2.32 bits per heavy atom. The highest BCUT2D eigenvalue weighted by molar-refractivity contribution is 7.07. The maximum Gasteiger partial charge on any atom is 0.245 e. The molecule has 0 N–H and O–H groups in total. The minimum atomic E-state index is -0.684. The number of nitrogens with zero attached hydrogens (tertiary/aromatic N) is 1. The highest BCUT2D eigenvalue weighted by atomic mass is 35.5. The summed E-state index contributed by atoms with van der Waals surface area (Å²) in [6, 6.07) is 18.4. The summed E-state index contributed by atoms with van der Waals surface area (Å²) >= 11 is 8.27. The van der Waals surface area contributed by atoms with E-state index in [1.807, 2.05) is 40.6 Å². The number of thiophene rings is 1. The molecule has 0 spiro atoms. The first-order chi connectivity index (χ1) is 18.1. The van der Waals surface area contributed by atoms with Gasteiger partial charge in [0.05, 0.1) is 6.61 Å². The number of carbonyl (C=O) groups excluding carboxylic acids is 1. The number of benzene rings is 2. The van der Waals surface area contributed by atoms with Crippen LogP contribution >= 0.6 is 22.9 Å². The van der Waals surface area contributed by atoms with Gasteiger partial charge in [0.15, 0.2) is 0 Å². The number of rotatable bonds is 14. The first-order valence-electron chi connectivity index (χ1n) is 13.9. The van der Waals surface area contributed by atoms with Gasteiger partial charge in [-0.05, 0) is 76.1 Å². The van der Waals surface area contributed by atoms with E-state index < -0.39 is 5.38 Å². The number of unbranched alkanes of at least 4 members (excludes halogenated alkanes) is 1. The van der Waals surface area contributed by atoms with Crippen LogP contribution in [-0.2, 0) is 22.2 Å². The Balaban J connectivity index is 1.65. The van der Waals surface area contributed by atoms with Crippen LogP contribution in [0.3, 0.4) is 0 Å². The summed E-state index contributed by atoms with van der Waals surface area (Å²) in [5.41, 5.74) is 4.78. The van der Waals surface area contributed by atoms with Gasteiger partial charge in [0.25, 0.3) is 0 Å². The van der Waals surface area contributed by atoms with Crippen molar-refractivity contribution in [3.8, 4) is 5.75 Å². The normalized spacial score (nSPS) is 12.8. The van der Waals surface area contributed by atoms with Gasteiger partial charge in [-0.2, -0.15) is 11.3 Å². The van der Waals surface area contributed by atoms with Crippen LogP contribution in [-0.4, -0.2) is 24.0 Å². The van der Waals surface area contributed by atoms with Crippen molar-refractivity contribution in [1.82, 2.24) is 4.90 Å². The van der Waals surface area contributed by atoms with Crippen LogP contribution in [0.5, 0.6) is 5.75 Å². The zero-order valence-electron chi connectivity index (χ0n) is 23.9. The number of ether oxygens (including phenoxy) is 1. The minimum absolute atomic E-state index is 0.0334. The Labute approximate surface area is 239 Å². The lowest BCUT2D eigenvalue weighted by Crippen LogP contribution is -2.34. The van der Waals surface area contributed by atoms with Crippen molar-refractivity contribution in [3.05, 3.63) is 87.6 Å². The van der Waals surface area contributed by atoms with Crippen molar-refractivity contribution < 1.29 is 9.53 Å². The minimum Gasteiger partial charge on any atom is -0.493 e. The Hall–Kier alpha value is -2.30. The molecule has 3 nitrogen and oxygen atoms in total. The molecule has 0 fully saturated rings. The van der Waals surface area contributed by atoms with Crippen molar-refractivity contribution in [2.24, 2.45) is 0 Å². The Morgan fingerprint density at radius 2 is 1.68 bits per heavy atom. The molecule has 0 radical (unpaired) electrons. The van der Waals surface area contributed by atoms with Gasteiger partial charge < -0.3 is 9.64 Å². The first kappa shape index (κ1) is 30.2. The van der Waals surface area contributed by atoms with Gasteiger partial charge in [-0.25, -0.2) is 0 Å². The largest absolute Gasteiger partial charge is 0.493 e. The SMILES string of the molecule is CCC(C)(C)c1ccc(OCCCCN(Cc2ccsc2)C(=O)C(Cl)c2ccccc2)c(C(C)(C)CC)c1. The Bertz CT molecular complexity index is 1140. The molecule has 1 atom stereocenters. The second-order valence-corrected chi connectivity index (χ2v) is 12.6. The third-order valence-corrected chi connectivity index (χ3v) is 9.08. The van der Waals surface area contributed by atoms with Crippen LogP contribution in [0, 0.1) is 0 Å². The average molecular weight is 554 g/mol. The fourth-order valence-electron chi connectivity index (χ4n) is 4.38. The molecule has 2 aromatic carbocycles. The van der Waals surface area contributed by atoms with E-state index in [9.17, 15) is 4.79 Å². The smallest absolute Gasteiger partial charge is 0.245 e. The lowest BCUT2D eigenvalue weighted by atomic mass is 9.76. The predicted octanol–water partition coefficient (Wildman–Crippen LogP) is 9.29. The molecule has 1 amide bonds. The molecule has 5 heteroatoms. The van der Waals surface area contributed by atoms with Gasteiger partial charge >= 0.3 is 0 Å². The van der Waals surface area contributed by atoms with Crippen molar-refractivity contribution in [2.45, 2.75) is 90.0 Å². The van der Waals surface area contributed by atoms with Crippen molar-refractivity contribution in [1.29, 1.82) is 0 Å². The van der Waals surface area contributed by atoms with E-state index in [1.165, 1.54) is 11.1 Å². The monoisotopic (exact) mass is 553 g/mol. The topological polar surface area (TPSA) is 29.5 Å². The molecule has 0 saturated heterocycles. The van der Waals surface area contributed by atoms with Gasteiger partial charge in [0.2, 0.25) is 5.91 Å². The highest BCUT2D eigenvalue weighted by Gasteiger charge is 2.27. The summed E-state index contributed by atoms with van der Waals surface area (Å²) in [6.45, 7) is 15.5. The predicted molar refractivity (Wildman–Crippen MR) is 163 cm³/mol. The van der Waals surface area contributed by atoms with E-state index in [1.54, 1.807) is 11.3 Å². The summed E-state index contributed by atoms with van der Waals surface area (Å²) in [5, 5.41) is 3.45. The van der Waals surface area contributed by atoms with Crippen LogP contribution in [0.15, 0.2) is 65.4 Å². The third kappa shape index (κ3) is 7.86. The standard InChI is InChI=1S/C33H44ClNO2S/c1-7-32(3,4)27-16-17-29(28(22-27)33(5,6)8-2)37-20-13-12-19-35(23-25-18-21-38-24-25)31(36)30(34)26-14-10-9-11-15-26/h9-11,14-18,21-22,24,30H,7-8,12-13,19-20,23H2,1-6H3. The molecule has 0 aliphatic carbocycles. The summed E-state index contributed by atoms with van der Waals surface area (Å²) in [6.07, 6.45) is 3.84. The van der Waals surface area contributed by atoms with Gasteiger partial charge in [-0.3, -0.25) is 4.79 Å². The number of carbonyl (C=O) groups is 1. The number of alkyl halides is 1. The van der Waals surface area contributed by atoms with E-state index in [-0.39, 0.29) is 16.7 Å². The molecule has 0 aliphatic rings. The molecule has 38 heavy (non-hydrogen) atoms. The molecular weight excluding hydrogens is 510 g/mol. The van der Waals surface area contributed by atoms with E-state index in [0.717, 1.165) is 42.6 Å². The molecule has 3 rings (SSSR count). The van der Waals surface area contributed by atoms with E-state index in [2.05, 4.69) is 71.2 Å². The first-order valence-corrected chi connectivity index (χ1v) is 15.2. The summed E-state index contributed by atoms with van der Waals surface area (Å²) in [5.74, 6) is 0.926.